The maximum atomic E-state index is 5.79. The minimum absolute atomic E-state index is 0.528. The number of hydrogen-bond donors (Lipinski definition) is 1. The van der Waals surface area contributed by atoms with Crippen molar-refractivity contribution < 1.29 is 0 Å². The van der Waals surface area contributed by atoms with Gasteiger partial charge in [-0.3, -0.25) is 4.98 Å². The van der Waals surface area contributed by atoms with E-state index >= 15 is 0 Å². The van der Waals surface area contributed by atoms with Crippen LogP contribution >= 0.6 is 0 Å². The normalized spacial score (nSPS) is 11.3. The van der Waals surface area contributed by atoms with Crippen LogP contribution in [-0.4, -0.2) is 9.97 Å². The summed E-state index contributed by atoms with van der Waals surface area (Å²) >= 11 is 0. The Kier molecular flexibility index (Phi) is 5.56. The van der Waals surface area contributed by atoms with Gasteiger partial charge in [0.15, 0.2) is 0 Å². The second-order valence-corrected chi connectivity index (χ2v) is 7.66. The highest BCUT2D eigenvalue weighted by atomic mass is 14.7. The highest BCUT2D eigenvalue weighted by molar-refractivity contribution is 5.96. The molecule has 5 rings (SSSR count). The Hall–Kier alpha value is -4.08. The molecule has 0 aliphatic rings. The number of nitrogens with zero attached hydrogens (tertiary/aromatic N) is 2. The van der Waals surface area contributed by atoms with Crippen LogP contribution in [0, 0.1) is 0 Å². The molecule has 0 unspecified atom stereocenters. The van der Waals surface area contributed by atoms with Gasteiger partial charge in [-0.1, -0.05) is 91.0 Å². The largest absolute Gasteiger partial charge is 0.326 e. The van der Waals surface area contributed by atoms with Crippen molar-refractivity contribution in [3.8, 4) is 22.4 Å². The summed E-state index contributed by atoms with van der Waals surface area (Å²) in [6, 6.07) is 33.1. The SMILES string of the molecule is NCc1ccc(-c2nc3ccnc(C=Cc4ccccc4)c3cc2-c2ccccc2)cc1. The van der Waals surface area contributed by atoms with E-state index in [9.17, 15) is 0 Å². The van der Waals surface area contributed by atoms with Crippen molar-refractivity contribution in [1.82, 2.24) is 9.97 Å². The lowest BCUT2D eigenvalue weighted by atomic mass is 9.96. The molecule has 0 spiro atoms. The molecule has 0 amide bonds. The van der Waals surface area contributed by atoms with Crippen molar-refractivity contribution in [2.45, 2.75) is 6.54 Å². The predicted octanol–water partition coefficient (Wildman–Crippen LogP) is 6.59. The number of fused-ring (bicyclic) bond motifs is 1. The molecule has 2 aromatic heterocycles. The third-order valence-electron chi connectivity index (χ3n) is 5.56. The van der Waals surface area contributed by atoms with Gasteiger partial charge in [0.25, 0.3) is 0 Å². The van der Waals surface area contributed by atoms with E-state index in [1.165, 1.54) is 0 Å². The average molecular weight is 414 g/mol. The highest BCUT2D eigenvalue weighted by Gasteiger charge is 2.13. The number of aromatic nitrogens is 2. The molecule has 5 aromatic rings. The van der Waals surface area contributed by atoms with E-state index in [-0.39, 0.29) is 0 Å². The predicted molar refractivity (Wildman–Crippen MR) is 134 cm³/mol. The zero-order valence-corrected chi connectivity index (χ0v) is 17.6. The van der Waals surface area contributed by atoms with Gasteiger partial charge < -0.3 is 5.73 Å². The number of hydrogen-bond acceptors (Lipinski definition) is 3. The van der Waals surface area contributed by atoms with Gasteiger partial charge in [-0.05, 0) is 34.9 Å². The Morgan fingerprint density at radius 1 is 0.719 bits per heavy atom. The van der Waals surface area contributed by atoms with E-state index in [2.05, 4.69) is 83.9 Å². The van der Waals surface area contributed by atoms with E-state index in [4.69, 9.17) is 10.7 Å². The van der Waals surface area contributed by atoms with E-state index in [1.807, 2.05) is 36.5 Å². The van der Waals surface area contributed by atoms with E-state index in [0.29, 0.717) is 6.54 Å². The van der Waals surface area contributed by atoms with Gasteiger partial charge >= 0.3 is 0 Å². The van der Waals surface area contributed by atoms with Crippen molar-refractivity contribution >= 4 is 23.1 Å². The van der Waals surface area contributed by atoms with Gasteiger partial charge in [-0.2, -0.15) is 0 Å². The zero-order valence-electron chi connectivity index (χ0n) is 17.6. The molecule has 0 saturated heterocycles. The summed E-state index contributed by atoms with van der Waals surface area (Å²) < 4.78 is 0. The van der Waals surface area contributed by atoms with Crippen molar-refractivity contribution in [3.05, 3.63) is 120 Å². The molecular formula is C29H23N3. The summed E-state index contributed by atoms with van der Waals surface area (Å²) in [5.41, 5.74) is 14.1. The maximum absolute atomic E-state index is 5.79. The summed E-state index contributed by atoms with van der Waals surface area (Å²) in [5, 5.41) is 1.03. The number of rotatable bonds is 5. The van der Waals surface area contributed by atoms with Gasteiger partial charge in [-0.15, -0.1) is 0 Å². The summed E-state index contributed by atoms with van der Waals surface area (Å²) in [5.74, 6) is 0. The molecule has 32 heavy (non-hydrogen) atoms. The fourth-order valence-electron chi connectivity index (χ4n) is 3.85. The molecule has 3 nitrogen and oxygen atoms in total. The number of benzene rings is 3. The van der Waals surface area contributed by atoms with Crippen LogP contribution in [0.1, 0.15) is 16.8 Å². The third-order valence-corrected chi connectivity index (χ3v) is 5.56. The van der Waals surface area contributed by atoms with Crippen molar-refractivity contribution in [2.24, 2.45) is 5.73 Å². The van der Waals surface area contributed by atoms with Crippen LogP contribution in [0.3, 0.4) is 0 Å². The van der Waals surface area contributed by atoms with Crippen LogP contribution in [0.25, 0.3) is 45.4 Å². The molecule has 0 aliphatic heterocycles. The van der Waals surface area contributed by atoms with Crippen LogP contribution in [0.15, 0.2) is 103 Å². The number of nitrogens with two attached hydrogens (primary N) is 1. The molecule has 0 radical (unpaired) electrons. The van der Waals surface area contributed by atoms with Gasteiger partial charge in [0.1, 0.15) is 0 Å². The lowest BCUT2D eigenvalue weighted by Gasteiger charge is -2.13. The maximum Gasteiger partial charge on any atom is 0.0788 e. The molecule has 0 atom stereocenters. The summed E-state index contributed by atoms with van der Waals surface area (Å²) in [6.07, 6.45) is 5.97. The highest BCUT2D eigenvalue weighted by Crippen LogP contribution is 2.34. The summed E-state index contributed by atoms with van der Waals surface area (Å²) in [7, 11) is 0. The fourth-order valence-corrected chi connectivity index (χ4v) is 3.85. The molecule has 0 bridgehead atoms. The van der Waals surface area contributed by atoms with Gasteiger partial charge in [0.2, 0.25) is 0 Å². The standard InChI is InChI=1S/C29H23N3/c30-20-22-11-14-24(15-12-22)29-25(23-9-5-2-6-10-23)19-26-27(31-18-17-28(26)32-29)16-13-21-7-3-1-4-8-21/h1-19H,20,30H2. The van der Waals surface area contributed by atoms with E-state index < -0.39 is 0 Å². The summed E-state index contributed by atoms with van der Waals surface area (Å²) in [4.78, 5) is 9.73. The van der Waals surface area contributed by atoms with Gasteiger partial charge in [0.05, 0.1) is 16.9 Å². The smallest absolute Gasteiger partial charge is 0.0788 e. The van der Waals surface area contributed by atoms with Crippen molar-refractivity contribution in [1.29, 1.82) is 0 Å². The average Bonchev–Trinajstić information content (AvgIpc) is 2.88. The summed E-state index contributed by atoms with van der Waals surface area (Å²) in [6.45, 7) is 0.528. The molecule has 3 aromatic carbocycles. The molecule has 0 aliphatic carbocycles. The third kappa shape index (κ3) is 4.07. The topological polar surface area (TPSA) is 51.8 Å². The number of pyridine rings is 2. The zero-order chi connectivity index (χ0) is 21.8. The van der Waals surface area contributed by atoms with Gasteiger partial charge in [-0.25, -0.2) is 4.98 Å². The van der Waals surface area contributed by atoms with Crippen LogP contribution in [0.2, 0.25) is 0 Å². The molecule has 0 fully saturated rings. The Morgan fingerprint density at radius 3 is 2.16 bits per heavy atom. The lowest BCUT2D eigenvalue weighted by molar-refractivity contribution is 1.07. The fraction of sp³-hybridized carbons (Fsp3) is 0.0345. The molecule has 3 heteroatoms. The van der Waals surface area contributed by atoms with E-state index in [1.54, 1.807) is 0 Å². The first-order valence-corrected chi connectivity index (χ1v) is 10.7. The molecule has 2 N–H and O–H groups in total. The first-order chi connectivity index (χ1) is 15.8. The monoisotopic (exact) mass is 413 g/mol. The Labute approximate surface area is 187 Å². The van der Waals surface area contributed by atoms with Crippen molar-refractivity contribution in [2.75, 3.05) is 0 Å². The van der Waals surface area contributed by atoms with Gasteiger partial charge in [0, 0.05) is 29.3 Å². The molecular weight excluding hydrogens is 390 g/mol. The van der Waals surface area contributed by atoms with Crippen LogP contribution in [0.4, 0.5) is 0 Å². The van der Waals surface area contributed by atoms with Crippen LogP contribution in [0.5, 0.6) is 0 Å². The quantitative estimate of drug-likeness (QED) is 0.353. The molecule has 2 heterocycles. The second kappa shape index (κ2) is 8.96. The van der Waals surface area contributed by atoms with Crippen LogP contribution < -0.4 is 5.73 Å². The second-order valence-electron chi connectivity index (χ2n) is 7.66. The Morgan fingerprint density at radius 2 is 1.44 bits per heavy atom. The molecule has 154 valence electrons. The minimum atomic E-state index is 0.528. The molecule has 0 saturated carbocycles. The van der Waals surface area contributed by atoms with Crippen molar-refractivity contribution in [3.63, 3.8) is 0 Å². The minimum Gasteiger partial charge on any atom is -0.326 e. The Bertz CT molecular complexity index is 1370. The first kappa shape index (κ1) is 19.9. The van der Waals surface area contributed by atoms with E-state index in [0.717, 1.165) is 50.1 Å². The van der Waals surface area contributed by atoms with Crippen LogP contribution in [-0.2, 0) is 6.54 Å². The lowest BCUT2D eigenvalue weighted by Crippen LogP contribution is -1.97. The Balaban J connectivity index is 1.69. The first-order valence-electron chi connectivity index (χ1n) is 10.7.